The van der Waals surface area contributed by atoms with Crippen LogP contribution in [-0.4, -0.2) is 16.9 Å². The monoisotopic (exact) mass is 356 g/mol. The molecule has 2 amide bonds. The van der Waals surface area contributed by atoms with Crippen molar-refractivity contribution in [1.29, 1.82) is 0 Å². The normalized spacial score (nSPS) is 13.9. The van der Waals surface area contributed by atoms with E-state index in [9.17, 15) is 14.7 Å². The van der Waals surface area contributed by atoms with E-state index in [1.165, 1.54) is 0 Å². The second-order valence-electron chi connectivity index (χ2n) is 6.18. The summed E-state index contributed by atoms with van der Waals surface area (Å²) >= 11 is 0. The molecule has 0 unspecified atom stereocenters. The van der Waals surface area contributed by atoms with Crippen LogP contribution in [0.5, 0.6) is 5.75 Å². The SMILES string of the molecule is O=C1Nc2ccc(NC(=O)c3ccccc3)cc2C1=Cc1ccc(O)cc1. The molecule has 0 saturated carbocycles. The third kappa shape index (κ3) is 3.43. The quantitative estimate of drug-likeness (QED) is 0.617. The fourth-order valence-electron chi connectivity index (χ4n) is 2.94. The number of phenols is 1. The number of carbonyl (C=O) groups is 2. The summed E-state index contributed by atoms with van der Waals surface area (Å²) in [5.41, 5.74) is 3.89. The van der Waals surface area contributed by atoms with E-state index in [1.807, 2.05) is 6.07 Å². The van der Waals surface area contributed by atoms with Crippen molar-refractivity contribution in [2.45, 2.75) is 0 Å². The van der Waals surface area contributed by atoms with Crippen molar-refractivity contribution in [3.63, 3.8) is 0 Å². The molecule has 3 N–H and O–H groups in total. The highest BCUT2D eigenvalue weighted by atomic mass is 16.3. The average Bonchev–Trinajstić information content (AvgIpc) is 2.99. The van der Waals surface area contributed by atoms with E-state index in [1.54, 1.807) is 72.8 Å². The highest BCUT2D eigenvalue weighted by Crippen LogP contribution is 2.35. The van der Waals surface area contributed by atoms with Gasteiger partial charge in [0.25, 0.3) is 11.8 Å². The number of fused-ring (bicyclic) bond motifs is 1. The van der Waals surface area contributed by atoms with Crippen LogP contribution in [-0.2, 0) is 4.79 Å². The molecule has 1 aliphatic rings. The van der Waals surface area contributed by atoms with E-state index >= 15 is 0 Å². The second-order valence-corrected chi connectivity index (χ2v) is 6.18. The molecule has 5 heteroatoms. The smallest absolute Gasteiger partial charge is 0.256 e. The van der Waals surface area contributed by atoms with Gasteiger partial charge in [0.15, 0.2) is 0 Å². The Hall–Kier alpha value is -3.86. The van der Waals surface area contributed by atoms with Gasteiger partial charge in [-0.2, -0.15) is 0 Å². The van der Waals surface area contributed by atoms with Gasteiger partial charge in [0.1, 0.15) is 5.75 Å². The van der Waals surface area contributed by atoms with E-state index in [-0.39, 0.29) is 17.6 Å². The molecule has 0 aromatic heterocycles. The molecule has 27 heavy (non-hydrogen) atoms. The number of phenolic OH excluding ortho intramolecular Hbond substituents is 1. The molecule has 5 nitrogen and oxygen atoms in total. The number of benzene rings is 3. The number of nitrogens with one attached hydrogen (secondary N) is 2. The molecular formula is C22H16N2O3. The Morgan fingerprint density at radius 2 is 1.70 bits per heavy atom. The van der Waals surface area contributed by atoms with Gasteiger partial charge >= 0.3 is 0 Å². The Morgan fingerprint density at radius 1 is 0.963 bits per heavy atom. The molecule has 0 aliphatic carbocycles. The molecule has 0 spiro atoms. The zero-order valence-electron chi connectivity index (χ0n) is 14.3. The van der Waals surface area contributed by atoms with E-state index in [0.717, 1.165) is 11.1 Å². The van der Waals surface area contributed by atoms with Crippen LogP contribution >= 0.6 is 0 Å². The molecule has 0 radical (unpaired) electrons. The largest absolute Gasteiger partial charge is 0.508 e. The molecule has 0 saturated heterocycles. The molecular weight excluding hydrogens is 340 g/mol. The molecule has 1 aliphatic heterocycles. The zero-order valence-corrected chi connectivity index (χ0v) is 14.3. The molecule has 4 rings (SSSR count). The Bertz CT molecular complexity index is 1050. The van der Waals surface area contributed by atoms with Gasteiger partial charge in [0, 0.05) is 28.1 Å². The van der Waals surface area contributed by atoms with Crippen LogP contribution in [0.2, 0.25) is 0 Å². The molecule has 0 atom stereocenters. The van der Waals surface area contributed by atoms with Crippen LogP contribution in [0.15, 0.2) is 72.8 Å². The molecule has 3 aromatic carbocycles. The van der Waals surface area contributed by atoms with E-state index in [2.05, 4.69) is 10.6 Å². The summed E-state index contributed by atoms with van der Waals surface area (Å²) < 4.78 is 0. The van der Waals surface area contributed by atoms with Gasteiger partial charge in [0.05, 0.1) is 0 Å². The number of hydrogen-bond donors (Lipinski definition) is 3. The lowest BCUT2D eigenvalue weighted by Crippen LogP contribution is -2.11. The van der Waals surface area contributed by atoms with Gasteiger partial charge in [0.2, 0.25) is 0 Å². The standard InChI is InChI=1S/C22H16N2O3/c25-17-9-6-14(7-10-17)12-19-18-13-16(8-11-20(18)24-22(19)27)23-21(26)15-4-2-1-3-5-15/h1-13,25H,(H,23,26)(H,24,27). The Morgan fingerprint density at radius 3 is 2.44 bits per heavy atom. The van der Waals surface area contributed by atoms with Gasteiger partial charge in [-0.3, -0.25) is 9.59 Å². The Balaban J connectivity index is 1.65. The first-order chi connectivity index (χ1) is 13.1. The topological polar surface area (TPSA) is 78.4 Å². The minimum atomic E-state index is -0.211. The summed E-state index contributed by atoms with van der Waals surface area (Å²) in [5, 5.41) is 15.1. The summed E-state index contributed by atoms with van der Waals surface area (Å²) in [7, 11) is 0. The highest BCUT2D eigenvalue weighted by molar-refractivity contribution is 6.35. The lowest BCUT2D eigenvalue weighted by Gasteiger charge is -2.07. The maximum atomic E-state index is 12.4. The third-order valence-electron chi connectivity index (χ3n) is 4.30. The van der Waals surface area contributed by atoms with Crippen molar-refractivity contribution >= 4 is 34.8 Å². The van der Waals surface area contributed by atoms with Gasteiger partial charge in [-0.1, -0.05) is 30.3 Å². The van der Waals surface area contributed by atoms with E-state index in [4.69, 9.17) is 0 Å². The van der Waals surface area contributed by atoms with Gasteiger partial charge in [-0.05, 0) is 54.1 Å². The second kappa shape index (κ2) is 6.80. The van der Waals surface area contributed by atoms with Crippen molar-refractivity contribution < 1.29 is 14.7 Å². The van der Waals surface area contributed by atoms with Crippen molar-refractivity contribution in [2.75, 3.05) is 10.6 Å². The van der Waals surface area contributed by atoms with Crippen molar-refractivity contribution in [2.24, 2.45) is 0 Å². The van der Waals surface area contributed by atoms with Crippen LogP contribution < -0.4 is 10.6 Å². The van der Waals surface area contributed by atoms with E-state index in [0.29, 0.717) is 22.5 Å². The number of hydrogen-bond acceptors (Lipinski definition) is 3. The number of rotatable bonds is 3. The average molecular weight is 356 g/mol. The molecule has 132 valence electrons. The van der Waals surface area contributed by atoms with Crippen molar-refractivity contribution in [3.8, 4) is 5.75 Å². The molecule has 0 bridgehead atoms. The van der Waals surface area contributed by atoms with Crippen LogP contribution in [0.1, 0.15) is 21.5 Å². The predicted octanol–water partition coefficient (Wildman–Crippen LogP) is 4.14. The maximum Gasteiger partial charge on any atom is 0.256 e. The molecule has 0 fully saturated rings. The molecule has 1 heterocycles. The first-order valence-electron chi connectivity index (χ1n) is 8.43. The fourth-order valence-corrected chi connectivity index (χ4v) is 2.94. The van der Waals surface area contributed by atoms with E-state index < -0.39 is 0 Å². The van der Waals surface area contributed by atoms with Gasteiger partial charge in [-0.15, -0.1) is 0 Å². The third-order valence-corrected chi connectivity index (χ3v) is 4.30. The number of anilines is 2. The zero-order chi connectivity index (χ0) is 18.8. The minimum absolute atomic E-state index is 0.166. The highest BCUT2D eigenvalue weighted by Gasteiger charge is 2.24. The lowest BCUT2D eigenvalue weighted by molar-refractivity contribution is -0.110. The summed E-state index contributed by atoms with van der Waals surface area (Å²) in [6, 6.07) is 20.8. The Labute approximate surface area is 156 Å². The van der Waals surface area contributed by atoms with Crippen LogP contribution in [0, 0.1) is 0 Å². The fraction of sp³-hybridized carbons (Fsp3) is 0. The first-order valence-corrected chi connectivity index (χ1v) is 8.43. The first kappa shape index (κ1) is 16.6. The number of carbonyl (C=O) groups excluding carboxylic acids is 2. The number of amides is 2. The van der Waals surface area contributed by atoms with Crippen molar-refractivity contribution in [3.05, 3.63) is 89.5 Å². The van der Waals surface area contributed by atoms with Crippen LogP contribution in [0.3, 0.4) is 0 Å². The Kier molecular flexibility index (Phi) is 4.18. The minimum Gasteiger partial charge on any atom is -0.508 e. The van der Waals surface area contributed by atoms with Crippen LogP contribution in [0.4, 0.5) is 11.4 Å². The summed E-state index contributed by atoms with van der Waals surface area (Å²) in [4.78, 5) is 24.7. The summed E-state index contributed by atoms with van der Waals surface area (Å²) in [6.07, 6.45) is 1.75. The van der Waals surface area contributed by atoms with Crippen LogP contribution in [0.25, 0.3) is 11.6 Å². The summed E-state index contributed by atoms with van der Waals surface area (Å²) in [6.45, 7) is 0. The summed E-state index contributed by atoms with van der Waals surface area (Å²) in [5.74, 6) is -0.249. The number of aromatic hydroxyl groups is 1. The lowest BCUT2D eigenvalue weighted by atomic mass is 10.0. The molecule has 3 aromatic rings. The van der Waals surface area contributed by atoms with Gasteiger partial charge in [-0.25, -0.2) is 0 Å². The van der Waals surface area contributed by atoms with Gasteiger partial charge < -0.3 is 15.7 Å². The maximum absolute atomic E-state index is 12.4. The van der Waals surface area contributed by atoms with Crippen molar-refractivity contribution in [1.82, 2.24) is 0 Å². The predicted molar refractivity (Wildman–Crippen MR) is 105 cm³/mol.